The molecule has 6 rings (SSSR count). The summed E-state index contributed by atoms with van der Waals surface area (Å²) in [5.41, 5.74) is 8.28. The molecule has 0 spiro atoms. The number of hydrogen-bond acceptors (Lipinski definition) is 11. The van der Waals surface area contributed by atoms with E-state index in [1.54, 1.807) is 73.3 Å². The topological polar surface area (TPSA) is 190 Å². The fourth-order valence-corrected chi connectivity index (χ4v) is 4.16. The number of carbonyl (C=O) groups excluding carboxylic acids is 2. The van der Waals surface area contributed by atoms with Crippen LogP contribution < -0.4 is 25.8 Å². The van der Waals surface area contributed by atoms with Crippen LogP contribution in [0.25, 0.3) is 21.8 Å². The third-order valence-corrected chi connectivity index (χ3v) is 6.13. The smallest absolute Gasteiger partial charge is 0.324 e. The number of carbonyl (C=O) groups is 1. The van der Waals surface area contributed by atoms with E-state index in [-0.39, 0.29) is 18.2 Å². The van der Waals surface area contributed by atoms with Crippen LogP contribution in [0.3, 0.4) is 0 Å². The Bertz CT molecular complexity index is 2110. The molecule has 6 aromatic rings. The second-order valence-electron chi connectivity index (χ2n) is 10.9. The lowest BCUT2D eigenvalue weighted by molar-refractivity contribution is 0.243. The average molecular weight is 686 g/mol. The molecule has 0 atom stereocenters. The van der Waals surface area contributed by atoms with Crippen LogP contribution in [0.15, 0.2) is 115 Å². The van der Waals surface area contributed by atoms with E-state index in [2.05, 4.69) is 35.6 Å². The molecule has 0 saturated heterocycles. The van der Waals surface area contributed by atoms with Gasteiger partial charge in [0.05, 0.1) is 35.0 Å². The largest absolute Gasteiger partial charge is 0.489 e. The van der Waals surface area contributed by atoms with Crippen LogP contribution in [-0.4, -0.2) is 44.3 Å². The lowest BCUT2D eigenvalue weighted by Gasteiger charge is -2.15. The standard InChI is InChI=1S/C18H18N4O2.C10H11NO2.C8H7N3.C2H3N/c1-12(2)24-16-6-4-3-5-15(16)21-18(23)22-17-8-7-13-11-19-10-9-14(13)20-17;1-8(2)13-10-6-4-3-5-9(10)11-7-12;9-8-2-1-6-5-10-4-3-7(6)11-8;1-2-3/h3-12H,1-2H3,(H2,20,21,22,23);3-6,8H,1-2H3;1-5H,(H2,9,11);1H3. The highest BCUT2D eigenvalue weighted by Gasteiger charge is 2.10. The van der Waals surface area contributed by atoms with Crippen molar-refractivity contribution in [2.24, 2.45) is 4.99 Å². The Kier molecular flexibility index (Phi) is 15.5. The molecule has 13 nitrogen and oxygen atoms in total. The number of aromatic nitrogens is 4. The van der Waals surface area contributed by atoms with Crippen molar-refractivity contribution in [3.63, 3.8) is 0 Å². The van der Waals surface area contributed by atoms with Gasteiger partial charge >= 0.3 is 6.03 Å². The summed E-state index contributed by atoms with van der Waals surface area (Å²) in [5.74, 6) is 2.25. The lowest BCUT2D eigenvalue weighted by Crippen LogP contribution is -2.21. The van der Waals surface area contributed by atoms with E-state index < -0.39 is 0 Å². The predicted octanol–water partition coefficient (Wildman–Crippen LogP) is 8.24. The first-order valence-electron chi connectivity index (χ1n) is 15.8. The molecule has 51 heavy (non-hydrogen) atoms. The van der Waals surface area contributed by atoms with Crippen LogP contribution in [0.5, 0.6) is 11.5 Å². The Labute approximate surface area is 296 Å². The number of fused-ring (bicyclic) bond motifs is 2. The molecule has 0 radical (unpaired) electrons. The zero-order chi connectivity index (χ0) is 37.0. The summed E-state index contributed by atoms with van der Waals surface area (Å²) >= 11 is 0. The number of nitrogens with two attached hydrogens (primary N) is 1. The number of hydrogen-bond donors (Lipinski definition) is 3. The van der Waals surface area contributed by atoms with Crippen LogP contribution in [0.1, 0.15) is 34.6 Å². The van der Waals surface area contributed by atoms with Gasteiger partial charge in [-0.1, -0.05) is 24.3 Å². The summed E-state index contributed by atoms with van der Waals surface area (Å²) in [5, 5.41) is 14.8. The van der Waals surface area contributed by atoms with Crippen molar-refractivity contribution < 1.29 is 19.1 Å². The molecule has 0 fully saturated rings. The average Bonchev–Trinajstić information content (AvgIpc) is 3.10. The van der Waals surface area contributed by atoms with Crippen molar-refractivity contribution in [1.82, 2.24) is 19.9 Å². The fraction of sp³-hybridized carbons (Fsp3) is 0.184. The van der Waals surface area contributed by atoms with Crippen molar-refractivity contribution in [2.75, 3.05) is 16.4 Å². The number of nitriles is 1. The first-order chi connectivity index (χ1) is 24.6. The molecule has 4 heterocycles. The fourth-order valence-electron chi connectivity index (χ4n) is 4.16. The minimum atomic E-state index is -0.379. The zero-order valence-corrected chi connectivity index (χ0v) is 28.9. The number of anilines is 3. The Morgan fingerprint density at radius 3 is 1.94 bits per heavy atom. The van der Waals surface area contributed by atoms with Crippen molar-refractivity contribution in [1.29, 1.82) is 5.26 Å². The van der Waals surface area contributed by atoms with Gasteiger partial charge in [0, 0.05) is 42.5 Å². The molecular weight excluding hydrogens is 646 g/mol. The number of nitrogen functional groups attached to an aromatic ring is 1. The van der Waals surface area contributed by atoms with Gasteiger partial charge in [-0.15, -0.1) is 0 Å². The van der Waals surface area contributed by atoms with Gasteiger partial charge in [0.2, 0.25) is 6.08 Å². The van der Waals surface area contributed by atoms with E-state index in [1.807, 2.05) is 70.2 Å². The molecule has 4 N–H and O–H groups in total. The molecule has 2 aromatic carbocycles. The van der Waals surface area contributed by atoms with Crippen molar-refractivity contribution >= 4 is 56.9 Å². The van der Waals surface area contributed by atoms with E-state index in [4.69, 9.17) is 20.5 Å². The van der Waals surface area contributed by atoms with Crippen LogP contribution >= 0.6 is 0 Å². The first-order valence-corrected chi connectivity index (χ1v) is 15.8. The van der Waals surface area contributed by atoms with E-state index >= 15 is 0 Å². The summed E-state index contributed by atoms with van der Waals surface area (Å²) in [4.78, 5) is 42.3. The lowest BCUT2D eigenvalue weighted by atomic mass is 10.3. The second kappa shape index (κ2) is 20.5. The van der Waals surface area contributed by atoms with Crippen LogP contribution in [0, 0.1) is 11.3 Å². The molecule has 0 saturated carbocycles. The molecule has 4 aromatic heterocycles. The summed E-state index contributed by atoms with van der Waals surface area (Å²) in [6.45, 7) is 9.14. The van der Waals surface area contributed by atoms with E-state index in [9.17, 15) is 9.59 Å². The number of rotatable bonds is 7. The highest BCUT2D eigenvalue weighted by molar-refractivity contribution is 6.00. The predicted molar refractivity (Wildman–Crippen MR) is 200 cm³/mol. The van der Waals surface area contributed by atoms with Crippen LogP contribution in [0.4, 0.5) is 27.8 Å². The molecule has 260 valence electrons. The van der Waals surface area contributed by atoms with Gasteiger partial charge in [0.15, 0.2) is 0 Å². The van der Waals surface area contributed by atoms with Crippen LogP contribution in [0.2, 0.25) is 0 Å². The molecular formula is C38H39N9O4. The SMILES string of the molecule is CC#N.CC(C)Oc1ccccc1N=C=O.CC(C)Oc1ccccc1NC(=O)Nc1ccc2cnccc2n1.Nc1ccc2cnccc2n1. The molecule has 0 aliphatic rings. The maximum Gasteiger partial charge on any atom is 0.324 e. The number of ether oxygens (including phenoxy) is 2. The molecule has 0 aliphatic carbocycles. The summed E-state index contributed by atoms with van der Waals surface area (Å²) in [7, 11) is 0. The summed E-state index contributed by atoms with van der Waals surface area (Å²) in [6.07, 6.45) is 8.45. The molecule has 13 heteroatoms. The van der Waals surface area contributed by atoms with Crippen molar-refractivity contribution in [3.05, 3.63) is 110 Å². The molecule has 0 bridgehead atoms. The zero-order valence-electron chi connectivity index (χ0n) is 28.9. The number of nitrogens with one attached hydrogen (secondary N) is 2. The van der Waals surface area contributed by atoms with Gasteiger partial charge in [-0.3, -0.25) is 15.3 Å². The van der Waals surface area contributed by atoms with Gasteiger partial charge in [-0.05, 0) is 88.4 Å². The second-order valence-corrected chi connectivity index (χ2v) is 10.9. The Balaban J connectivity index is 0.000000218. The van der Waals surface area contributed by atoms with E-state index in [0.29, 0.717) is 34.5 Å². The van der Waals surface area contributed by atoms with Crippen molar-refractivity contribution in [3.8, 4) is 17.6 Å². The molecule has 0 unspecified atom stereocenters. The van der Waals surface area contributed by atoms with Gasteiger partial charge in [-0.25, -0.2) is 19.6 Å². The van der Waals surface area contributed by atoms with Gasteiger partial charge in [0.1, 0.15) is 28.8 Å². The number of nitrogens with zero attached hydrogens (tertiary/aromatic N) is 6. The van der Waals surface area contributed by atoms with Gasteiger partial charge < -0.3 is 20.5 Å². The number of isocyanates is 1. The maximum atomic E-state index is 12.2. The van der Waals surface area contributed by atoms with Gasteiger partial charge in [0.25, 0.3) is 0 Å². The van der Waals surface area contributed by atoms with E-state index in [0.717, 1.165) is 21.8 Å². The maximum absolute atomic E-state index is 12.2. The van der Waals surface area contributed by atoms with Crippen LogP contribution in [-0.2, 0) is 4.79 Å². The molecule has 0 aliphatic heterocycles. The van der Waals surface area contributed by atoms with E-state index in [1.165, 1.54) is 13.0 Å². The van der Waals surface area contributed by atoms with Gasteiger partial charge in [-0.2, -0.15) is 10.3 Å². The third kappa shape index (κ3) is 13.3. The molecule has 2 amide bonds. The number of urea groups is 1. The number of para-hydroxylation sites is 4. The summed E-state index contributed by atoms with van der Waals surface area (Å²) in [6, 6.07) is 26.7. The number of benzene rings is 2. The highest BCUT2D eigenvalue weighted by Crippen LogP contribution is 2.27. The van der Waals surface area contributed by atoms with Crippen molar-refractivity contribution in [2.45, 2.75) is 46.8 Å². The minimum Gasteiger partial charge on any atom is -0.489 e. The monoisotopic (exact) mass is 685 g/mol. The third-order valence-electron chi connectivity index (χ3n) is 6.13. The quantitative estimate of drug-likeness (QED) is 0.109. The highest BCUT2D eigenvalue weighted by atomic mass is 16.5. The Morgan fingerprint density at radius 1 is 0.765 bits per heavy atom. The minimum absolute atomic E-state index is 0.0202. The Morgan fingerprint density at radius 2 is 1.31 bits per heavy atom. The number of amides is 2. The summed E-state index contributed by atoms with van der Waals surface area (Å²) < 4.78 is 11.1. The Hall–Kier alpha value is -6.90. The number of aliphatic imine (C=N–C) groups is 1. The first kappa shape index (κ1) is 38.5. The normalized spacial score (nSPS) is 9.76. The number of pyridine rings is 4.